The van der Waals surface area contributed by atoms with Crippen molar-refractivity contribution in [2.75, 3.05) is 32.6 Å². The minimum atomic E-state index is -3.30. The first kappa shape index (κ1) is 12.9. The van der Waals surface area contributed by atoms with Gasteiger partial charge in [0, 0.05) is 19.7 Å². The molecule has 0 radical (unpaired) electrons. The van der Waals surface area contributed by atoms with Crippen LogP contribution in [0.1, 0.15) is 19.3 Å². The maximum atomic E-state index is 10.7. The van der Waals surface area contributed by atoms with Crippen LogP contribution in [0.15, 0.2) is 0 Å². The molecule has 6 heteroatoms. The lowest BCUT2D eigenvalue weighted by molar-refractivity contribution is 0.143. The molecule has 1 aliphatic rings. The van der Waals surface area contributed by atoms with Gasteiger partial charge in [0.2, 0.25) is 10.0 Å². The van der Waals surface area contributed by atoms with Crippen molar-refractivity contribution in [3.63, 3.8) is 0 Å². The molecule has 0 aromatic heterocycles. The zero-order valence-electron chi connectivity index (χ0n) is 9.18. The molecular weight excluding hydrogens is 216 g/mol. The number of rotatable bonds is 8. The number of primary sulfonamides is 1. The van der Waals surface area contributed by atoms with Gasteiger partial charge < -0.3 is 4.74 Å². The van der Waals surface area contributed by atoms with Crippen LogP contribution in [-0.4, -0.2) is 51.9 Å². The topological polar surface area (TPSA) is 72.6 Å². The Labute approximate surface area is 91.6 Å². The Kier molecular flexibility index (Phi) is 4.98. The van der Waals surface area contributed by atoms with Gasteiger partial charge in [-0.05, 0) is 25.8 Å². The summed E-state index contributed by atoms with van der Waals surface area (Å²) in [6, 6.07) is 0.639. The Morgan fingerprint density at radius 1 is 1.40 bits per heavy atom. The molecule has 1 rings (SSSR count). The highest BCUT2D eigenvalue weighted by Crippen LogP contribution is 2.26. The molecule has 0 amide bonds. The van der Waals surface area contributed by atoms with Crippen molar-refractivity contribution in [1.29, 1.82) is 0 Å². The Hall–Kier alpha value is -0.170. The van der Waals surface area contributed by atoms with E-state index in [0.717, 1.165) is 13.1 Å². The van der Waals surface area contributed by atoms with E-state index in [-0.39, 0.29) is 5.75 Å². The average Bonchev–Trinajstić information content (AvgIpc) is 2.92. The van der Waals surface area contributed by atoms with Crippen molar-refractivity contribution in [2.24, 2.45) is 5.14 Å². The molecule has 0 atom stereocenters. The van der Waals surface area contributed by atoms with Crippen LogP contribution in [0.25, 0.3) is 0 Å². The molecule has 0 aliphatic heterocycles. The number of hydrogen-bond acceptors (Lipinski definition) is 4. The van der Waals surface area contributed by atoms with Crippen molar-refractivity contribution >= 4 is 10.0 Å². The predicted molar refractivity (Wildman–Crippen MR) is 59.1 cm³/mol. The fraction of sp³-hybridized carbons (Fsp3) is 1.00. The van der Waals surface area contributed by atoms with Gasteiger partial charge in [0.05, 0.1) is 12.4 Å². The van der Waals surface area contributed by atoms with E-state index in [2.05, 4.69) is 4.90 Å². The van der Waals surface area contributed by atoms with E-state index in [1.807, 2.05) is 0 Å². The highest BCUT2D eigenvalue weighted by Gasteiger charge is 2.28. The fourth-order valence-corrected chi connectivity index (χ4v) is 2.13. The first-order chi connectivity index (χ1) is 7.03. The van der Waals surface area contributed by atoms with Crippen LogP contribution < -0.4 is 5.14 Å². The summed E-state index contributed by atoms with van der Waals surface area (Å²) in [6.07, 6.45) is 3.05. The summed E-state index contributed by atoms with van der Waals surface area (Å²) in [7, 11) is -1.63. The van der Waals surface area contributed by atoms with Crippen molar-refractivity contribution in [3.8, 4) is 0 Å². The number of ether oxygens (including phenoxy) is 1. The van der Waals surface area contributed by atoms with Crippen LogP contribution in [0.2, 0.25) is 0 Å². The third kappa shape index (κ3) is 6.09. The van der Waals surface area contributed by atoms with Crippen molar-refractivity contribution < 1.29 is 13.2 Å². The molecule has 2 N–H and O–H groups in total. The van der Waals surface area contributed by atoms with Crippen LogP contribution in [-0.2, 0) is 14.8 Å². The molecule has 15 heavy (non-hydrogen) atoms. The molecule has 0 aromatic carbocycles. The molecule has 90 valence electrons. The van der Waals surface area contributed by atoms with Gasteiger partial charge in [-0.2, -0.15) is 0 Å². The first-order valence-electron chi connectivity index (χ1n) is 5.26. The summed E-state index contributed by atoms with van der Waals surface area (Å²) in [6.45, 7) is 2.38. The lowest BCUT2D eigenvalue weighted by atomic mass is 10.4. The normalized spacial score (nSPS) is 17.3. The molecule has 1 fully saturated rings. The van der Waals surface area contributed by atoms with E-state index < -0.39 is 10.0 Å². The first-order valence-corrected chi connectivity index (χ1v) is 6.98. The standard InChI is InChI=1S/C9H20N2O3S/c1-14-7-6-11(9-3-4-9)5-2-8-15(10,12)13/h9H,2-8H2,1H3,(H2,10,12,13). The van der Waals surface area contributed by atoms with Crippen LogP contribution in [0, 0.1) is 0 Å². The summed E-state index contributed by atoms with van der Waals surface area (Å²) in [4.78, 5) is 2.29. The second-order valence-corrected chi connectivity index (χ2v) is 5.71. The van der Waals surface area contributed by atoms with Gasteiger partial charge in [-0.15, -0.1) is 0 Å². The van der Waals surface area contributed by atoms with E-state index in [0.29, 0.717) is 19.1 Å². The zero-order chi connectivity index (χ0) is 11.3. The monoisotopic (exact) mass is 236 g/mol. The summed E-state index contributed by atoms with van der Waals surface area (Å²) >= 11 is 0. The molecule has 0 saturated heterocycles. The predicted octanol–water partition coefficient (Wildman–Crippen LogP) is -0.224. The lowest BCUT2D eigenvalue weighted by Gasteiger charge is -2.20. The van der Waals surface area contributed by atoms with E-state index in [1.165, 1.54) is 12.8 Å². The minimum absolute atomic E-state index is 0.0726. The van der Waals surface area contributed by atoms with Gasteiger partial charge in [0.15, 0.2) is 0 Å². The molecule has 0 heterocycles. The highest BCUT2D eigenvalue weighted by atomic mass is 32.2. The molecule has 1 saturated carbocycles. The second-order valence-electron chi connectivity index (χ2n) is 3.98. The summed E-state index contributed by atoms with van der Waals surface area (Å²) < 4.78 is 26.5. The number of hydrogen-bond donors (Lipinski definition) is 1. The molecule has 0 spiro atoms. The van der Waals surface area contributed by atoms with Gasteiger partial charge >= 0.3 is 0 Å². The molecular formula is C9H20N2O3S. The Balaban J connectivity index is 2.19. The minimum Gasteiger partial charge on any atom is -0.383 e. The average molecular weight is 236 g/mol. The van der Waals surface area contributed by atoms with Gasteiger partial charge in [0.25, 0.3) is 0 Å². The fourth-order valence-electron chi connectivity index (χ4n) is 1.59. The van der Waals surface area contributed by atoms with E-state index >= 15 is 0 Å². The summed E-state index contributed by atoms with van der Waals surface area (Å²) in [5, 5.41) is 4.94. The third-order valence-corrected chi connectivity index (χ3v) is 3.38. The number of methoxy groups -OCH3 is 1. The van der Waals surface area contributed by atoms with E-state index in [4.69, 9.17) is 9.88 Å². The molecule has 0 aromatic rings. The van der Waals surface area contributed by atoms with E-state index in [1.54, 1.807) is 7.11 Å². The zero-order valence-corrected chi connectivity index (χ0v) is 10.0. The van der Waals surface area contributed by atoms with Crippen LogP contribution in [0.3, 0.4) is 0 Å². The van der Waals surface area contributed by atoms with Crippen molar-refractivity contribution in [1.82, 2.24) is 4.90 Å². The maximum absolute atomic E-state index is 10.7. The molecule has 0 unspecified atom stereocenters. The van der Waals surface area contributed by atoms with Gasteiger partial charge in [-0.1, -0.05) is 0 Å². The third-order valence-electron chi connectivity index (χ3n) is 2.52. The maximum Gasteiger partial charge on any atom is 0.209 e. The Morgan fingerprint density at radius 3 is 2.53 bits per heavy atom. The number of nitrogens with zero attached hydrogens (tertiary/aromatic N) is 1. The lowest BCUT2D eigenvalue weighted by Crippen LogP contribution is -2.32. The number of nitrogens with two attached hydrogens (primary N) is 1. The molecule has 1 aliphatic carbocycles. The van der Waals surface area contributed by atoms with Crippen molar-refractivity contribution in [3.05, 3.63) is 0 Å². The van der Waals surface area contributed by atoms with E-state index in [9.17, 15) is 8.42 Å². The Bertz CT molecular complexity index is 275. The summed E-state index contributed by atoms with van der Waals surface area (Å²) in [5.41, 5.74) is 0. The largest absolute Gasteiger partial charge is 0.383 e. The Morgan fingerprint density at radius 2 is 2.07 bits per heavy atom. The van der Waals surface area contributed by atoms with Gasteiger partial charge in [-0.3, -0.25) is 4.90 Å². The summed E-state index contributed by atoms with van der Waals surface area (Å²) in [5.74, 6) is 0.0726. The quantitative estimate of drug-likeness (QED) is 0.632. The molecule has 0 bridgehead atoms. The second kappa shape index (κ2) is 5.79. The van der Waals surface area contributed by atoms with Crippen LogP contribution in [0.5, 0.6) is 0 Å². The number of sulfonamides is 1. The highest BCUT2D eigenvalue weighted by molar-refractivity contribution is 7.89. The van der Waals surface area contributed by atoms with Gasteiger partial charge in [0.1, 0.15) is 0 Å². The van der Waals surface area contributed by atoms with Crippen molar-refractivity contribution in [2.45, 2.75) is 25.3 Å². The van der Waals surface area contributed by atoms with Crippen LogP contribution in [0.4, 0.5) is 0 Å². The smallest absolute Gasteiger partial charge is 0.209 e. The SMILES string of the molecule is COCCN(CCCS(N)(=O)=O)C1CC1. The van der Waals surface area contributed by atoms with Crippen LogP contribution >= 0.6 is 0 Å². The molecule has 5 nitrogen and oxygen atoms in total. The van der Waals surface area contributed by atoms with Gasteiger partial charge in [-0.25, -0.2) is 13.6 Å².